The minimum Gasteiger partial charge on any atom is -0.479 e. The Balaban J connectivity index is 3.10. The molecule has 0 saturated heterocycles. The summed E-state index contributed by atoms with van der Waals surface area (Å²) in [5.41, 5.74) is 0.683. The molecule has 0 spiro atoms. The predicted octanol–water partition coefficient (Wildman–Crippen LogP) is 1.96. The Morgan fingerprint density at radius 2 is 2.00 bits per heavy atom. The zero-order valence-corrected chi connectivity index (χ0v) is 10.6. The van der Waals surface area contributed by atoms with Crippen LogP contribution < -0.4 is 0 Å². The van der Waals surface area contributed by atoms with Crippen LogP contribution in [0.5, 0.6) is 0 Å². The Hall–Kier alpha value is -1.04. The summed E-state index contributed by atoms with van der Waals surface area (Å²) < 4.78 is 0. The molecule has 0 fully saturated rings. The van der Waals surface area contributed by atoms with Crippen LogP contribution in [-0.2, 0) is 9.59 Å². The molecule has 0 amide bonds. The summed E-state index contributed by atoms with van der Waals surface area (Å²) in [7, 11) is 0. The number of hydrogen-bond donors (Lipinski definition) is 3. The van der Waals surface area contributed by atoms with Crippen molar-refractivity contribution >= 4 is 36.0 Å². The lowest BCUT2D eigenvalue weighted by molar-refractivity contribution is -0.147. The lowest BCUT2D eigenvalue weighted by Crippen LogP contribution is -2.11. The van der Waals surface area contributed by atoms with E-state index in [0.29, 0.717) is 10.5 Å². The number of aliphatic hydroxyl groups excluding tert-OH is 1. The highest BCUT2D eigenvalue weighted by atomic mass is 35.5. The first-order valence-corrected chi connectivity index (χ1v) is 5.61. The van der Waals surface area contributed by atoms with E-state index < -0.39 is 17.5 Å². The summed E-state index contributed by atoms with van der Waals surface area (Å²) >= 11 is 9.99. The Bertz CT molecular complexity index is 461. The van der Waals surface area contributed by atoms with Crippen molar-refractivity contribution in [2.24, 2.45) is 0 Å². The molecular weight excluding hydrogens is 264 g/mol. The van der Waals surface area contributed by atoms with Gasteiger partial charge in [0.05, 0.1) is 0 Å². The van der Waals surface area contributed by atoms with Crippen molar-refractivity contribution in [3.8, 4) is 0 Å². The minimum atomic E-state index is -1.61. The molecule has 2 atom stereocenters. The normalized spacial score (nSPS) is 14.1. The quantitative estimate of drug-likeness (QED) is 0.580. The van der Waals surface area contributed by atoms with Crippen LogP contribution in [0, 0.1) is 0 Å². The van der Waals surface area contributed by atoms with Gasteiger partial charge >= 0.3 is 5.97 Å². The van der Waals surface area contributed by atoms with Gasteiger partial charge in [-0.15, -0.1) is 24.2 Å². The number of carbonyl (C=O) groups excluding carboxylic acids is 1. The highest BCUT2D eigenvalue weighted by molar-refractivity contribution is 7.80. The molecule has 0 saturated carbocycles. The highest BCUT2D eigenvalue weighted by Crippen LogP contribution is 2.29. The number of aliphatic carboxylic acids is 1. The van der Waals surface area contributed by atoms with Crippen molar-refractivity contribution in [3.63, 3.8) is 0 Å². The smallest absolute Gasteiger partial charge is 0.337 e. The van der Waals surface area contributed by atoms with E-state index in [9.17, 15) is 14.7 Å². The van der Waals surface area contributed by atoms with Gasteiger partial charge in [-0.1, -0.05) is 12.1 Å². The molecule has 92 valence electrons. The topological polar surface area (TPSA) is 74.6 Å². The number of carboxylic acids is 1. The van der Waals surface area contributed by atoms with Crippen molar-refractivity contribution in [3.05, 3.63) is 29.3 Å². The summed E-state index contributed by atoms with van der Waals surface area (Å²) in [6, 6.07) is 4.28. The van der Waals surface area contributed by atoms with Gasteiger partial charge in [-0.2, -0.15) is 0 Å². The fourth-order valence-corrected chi connectivity index (χ4v) is 1.93. The van der Waals surface area contributed by atoms with E-state index in [2.05, 4.69) is 12.6 Å². The number of benzene rings is 1. The first-order chi connectivity index (χ1) is 7.84. The Morgan fingerprint density at radius 1 is 1.41 bits per heavy atom. The van der Waals surface area contributed by atoms with Crippen LogP contribution in [0.1, 0.15) is 29.5 Å². The Labute approximate surface area is 109 Å². The SMILES string of the molecule is CC(=O)C(Cl)c1ccc(C(O)C(=O)O)cc1S. The molecule has 4 nitrogen and oxygen atoms in total. The number of carboxylic acid groups (broad SMARTS) is 1. The number of alkyl halides is 1. The van der Waals surface area contributed by atoms with E-state index in [-0.39, 0.29) is 11.3 Å². The van der Waals surface area contributed by atoms with Crippen LogP contribution in [0.2, 0.25) is 0 Å². The monoisotopic (exact) mass is 274 g/mol. The van der Waals surface area contributed by atoms with Gasteiger partial charge in [-0.25, -0.2) is 4.79 Å². The van der Waals surface area contributed by atoms with Gasteiger partial charge in [-0.3, -0.25) is 4.79 Å². The highest BCUT2D eigenvalue weighted by Gasteiger charge is 2.20. The number of aliphatic hydroxyl groups is 1. The summed E-state index contributed by atoms with van der Waals surface area (Å²) in [6.45, 7) is 1.35. The van der Waals surface area contributed by atoms with E-state index in [4.69, 9.17) is 16.7 Å². The molecule has 1 aromatic rings. The number of hydrogen-bond acceptors (Lipinski definition) is 4. The molecular formula is C11H11ClO4S. The molecule has 17 heavy (non-hydrogen) atoms. The molecule has 0 aliphatic carbocycles. The van der Waals surface area contributed by atoms with Crippen molar-refractivity contribution in [1.82, 2.24) is 0 Å². The molecule has 6 heteroatoms. The van der Waals surface area contributed by atoms with Gasteiger partial charge in [0.15, 0.2) is 11.9 Å². The number of halogens is 1. The van der Waals surface area contributed by atoms with Crippen LogP contribution in [0.4, 0.5) is 0 Å². The molecule has 0 radical (unpaired) electrons. The van der Waals surface area contributed by atoms with Crippen LogP contribution >= 0.6 is 24.2 Å². The molecule has 0 bridgehead atoms. The molecule has 1 aromatic carbocycles. The third-order valence-electron chi connectivity index (χ3n) is 2.23. The summed E-state index contributed by atoms with van der Waals surface area (Å²) in [6.07, 6.45) is -1.61. The molecule has 1 rings (SSSR count). The average molecular weight is 275 g/mol. The molecule has 2 unspecified atom stereocenters. The molecule has 0 aliphatic heterocycles. The van der Waals surface area contributed by atoms with E-state index >= 15 is 0 Å². The van der Waals surface area contributed by atoms with Gasteiger partial charge in [0.2, 0.25) is 0 Å². The van der Waals surface area contributed by atoms with Crippen molar-refractivity contribution in [2.75, 3.05) is 0 Å². The number of rotatable bonds is 4. The van der Waals surface area contributed by atoms with Crippen LogP contribution in [0.3, 0.4) is 0 Å². The summed E-state index contributed by atoms with van der Waals surface area (Å²) in [5.74, 6) is -1.58. The molecule has 0 aliphatic rings. The lowest BCUT2D eigenvalue weighted by Gasteiger charge is -2.12. The van der Waals surface area contributed by atoms with Gasteiger partial charge in [0.25, 0.3) is 0 Å². The zero-order valence-electron chi connectivity index (χ0n) is 8.92. The average Bonchev–Trinajstić information content (AvgIpc) is 2.26. The van der Waals surface area contributed by atoms with E-state index in [1.54, 1.807) is 0 Å². The summed E-state index contributed by atoms with van der Waals surface area (Å²) in [5, 5.41) is 17.1. The van der Waals surface area contributed by atoms with Gasteiger partial charge in [-0.05, 0) is 24.1 Å². The maximum absolute atomic E-state index is 11.1. The summed E-state index contributed by atoms with van der Waals surface area (Å²) in [4.78, 5) is 22.1. The number of thiol groups is 1. The second-order valence-corrected chi connectivity index (χ2v) is 4.45. The van der Waals surface area contributed by atoms with Crippen molar-refractivity contribution in [1.29, 1.82) is 0 Å². The maximum Gasteiger partial charge on any atom is 0.337 e. The molecule has 0 aromatic heterocycles. The second-order valence-electron chi connectivity index (χ2n) is 3.53. The van der Waals surface area contributed by atoms with E-state index in [1.807, 2.05) is 0 Å². The first-order valence-electron chi connectivity index (χ1n) is 4.72. The van der Waals surface area contributed by atoms with Gasteiger partial charge in [0, 0.05) is 4.90 Å². The lowest BCUT2D eigenvalue weighted by atomic mass is 10.0. The third-order valence-corrected chi connectivity index (χ3v) is 3.16. The first kappa shape index (κ1) is 14.0. The van der Waals surface area contributed by atoms with Crippen LogP contribution in [-0.4, -0.2) is 22.0 Å². The van der Waals surface area contributed by atoms with Crippen molar-refractivity contribution in [2.45, 2.75) is 23.3 Å². The Morgan fingerprint density at radius 3 is 2.41 bits per heavy atom. The van der Waals surface area contributed by atoms with Crippen molar-refractivity contribution < 1.29 is 19.8 Å². The fourth-order valence-electron chi connectivity index (χ4n) is 1.31. The van der Waals surface area contributed by atoms with E-state index in [0.717, 1.165) is 0 Å². The largest absolute Gasteiger partial charge is 0.479 e. The third kappa shape index (κ3) is 3.21. The number of carbonyl (C=O) groups is 2. The van der Waals surface area contributed by atoms with Gasteiger partial charge < -0.3 is 10.2 Å². The second kappa shape index (κ2) is 5.53. The standard InChI is InChI=1S/C11H11ClO4S/c1-5(13)9(12)7-3-2-6(4-8(7)17)10(14)11(15)16/h2-4,9-10,14,17H,1H3,(H,15,16). The minimum absolute atomic E-state index is 0.193. The van der Waals surface area contributed by atoms with E-state index in [1.165, 1.54) is 25.1 Å². The van der Waals surface area contributed by atoms with Crippen LogP contribution in [0.25, 0.3) is 0 Å². The zero-order chi connectivity index (χ0) is 13.2. The molecule has 0 heterocycles. The van der Waals surface area contributed by atoms with Crippen LogP contribution in [0.15, 0.2) is 23.1 Å². The number of ketones is 1. The maximum atomic E-state index is 11.1. The van der Waals surface area contributed by atoms with Gasteiger partial charge in [0.1, 0.15) is 5.38 Å². The number of Topliss-reactive ketones (excluding diaryl/α,β-unsaturated/α-hetero) is 1. The molecule has 2 N–H and O–H groups in total. The Kier molecular flexibility index (Phi) is 4.56. The fraction of sp³-hybridized carbons (Fsp3) is 0.273. The predicted molar refractivity (Wildman–Crippen MR) is 65.6 cm³/mol.